The van der Waals surface area contributed by atoms with Crippen LogP contribution >= 0.6 is 90.7 Å². The first-order valence-electron chi connectivity index (χ1n) is 50.3. The second-order valence-electron chi connectivity index (χ2n) is 41.4. The summed E-state index contributed by atoms with van der Waals surface area (Å²) in [5.74, 6) is 0.864. The number of ether oxygens (including phenoxy) is 9. The van der Waals surface area contributed by atoms with Crippen LogP contribution in [-0.2, 0) is 58.7 Å². The van der Waals surface area contributed by atoms with Crippen molar-refractivity contribution in [1.82, 2.24) is 20.2 Å². The minimum absolute atomic E-state index is 0. The van der Waals surface area contributed by atoms with Gasteiger partial charge >= 0.3 is 63.6 Å². The zero-order chi connectivity index (χ0) is 109. The topological polar surface area (TPSA) is 332 Å². The van der Waals surface area contributed by atoms with Gasteiger partial charge in [-0.1, -0.05) is 179 Å². The van der Waals surface area contributed by atoms with Crippen LogP contribution in [0.5, 0.6) is 11.5 Å². The number of phenolic OH excluding ortho intramolecular Hbond substituents is 1. The number of carbonyl (C=O) groups is 3. The van der Waals surface area contributed by atoms with Gasteiger partial charge in [-0.2, -0.15) is 16.3 Å². The molecule has 0 spiro atoms. The average molecular weight is 2480 g/mol. The number of carbonyl (C=O) groups excluding carboxylic acids is 3. The molecule has 5 N–H and O–H groups in total. The van der Waals surface area contributed by atoms with Crippen molar-refractivity contribution in [3.05, 3.63) is 181 Å². The van der Waals surface area contributed by atoms with Gasteiger partial charge in [0.15, 0.2) is 12.6 Å². The van der Waals surface area contributed by atoms with Crippen LogP contribution in [0.15, 0.2) is 187 Å². The normalized spacial score (nSPS) is 15.5. The number of hydroxylamine groups is 2. The number of aliphatic hydroxyl groups is 2. The number of nitrogens with one attached hydrogen (secondary N) is 1. The van der Waals surface area contributed by atoms with E-state index >= 15 is 0 Å². The van der Waals surface area contributed by atoms with Gasteiger partial charge in [0.1, 0.15) is 83.2 Å². The number of amides is 3. The minimum Gasteiger partial charge on any atom is -0.870 e. The Labute approximate surface area is 969 Å². The van der Waals surface area contributed by atoms with Gasteiger partial charge in [0, 0.05) is 145 Å². The number of methoxy groups -OCH3 is 2. The number of alkyl halides is 1. The van der Waals surface area contributed by atoms with Crippen molar-refractivity contribution in [3.63, 3.8) is 0 Å². The number of hydrogen-bond acceptors (Lipinski definition) is 23. The maximum absolute atomic E-state index is 12.8. The van der Waals surface area contributed by atoms with Gasteiger partial charge in [0.05, 0.1) is 75.9 Å². The molecule has 147 heavy (non-hydrogen) atoms. The third-order valence-corrected chi connectivity index (χ3v) is 31.1. The van der Waals surface area contributed by atoms with E-state index < -0.39 is 54.0 Å². The van der Waals surface area contributed by atoms with Crippen molar-refractivity contribution in [3.8, 4) is 17.6 Å². The van der Waals surface area contributed by atoms with Crippen LogP contribution in [-0.4, -0.2) is 228 Å². The van der Waals surface area contributed by atoms with Crippen LogP contribution in [0.4, 0.5) is 9.59 Å². The molecular weight excluding hydrogens is 2310 g/mol. The summed E-state index contributed by atoms with van der Waals surface area (Å²) in [6, 6.07) is 49.4. The second kappa shape index (κ2) is 69.4. The Morgan fingerprint density at radius 2 is 0.932 bits per heavy atom. The van der Waals surface area contributed by atoms with Gasteiger partial charge in [0.25, 0.3) is 5.91 Å². The molecule has 0 radical (unpaired) electrons. The van der Waals surface area contributed by atoms with Crippen LogP contribution < -0.4 is 77.6 Å². The summed E-state index contributed by atoms with van der Waals surface area (Å²) < 4.78 is 75.7. The monoisotopic (exact) mass is 2480 g/mol. The van der Waals surface area contributed by atoms with Crippen LogP contribution in [0.2, 0.25) is 78.6 Å². The predicted molar refractivity (Wildman–Crippen MR) is 621 cm³/mol. The molecule has 0 saturated carbocycles. The number of likely N-dealkylation sites (tertiary alicyclic amines) is 2. The molecule has 818 valence electrons. The fourth-order valence-corrected chi connectivity index (χ4v) is 20.6. The molecule has 3 aliphatic heterocycles. The Bertz CT molecular complexity index is 5420. The molecule has 6 aromatic carbocycles. The van der Waals surface area contributed by atoms with E-state index in [9.17, 15) is 24.6 Å². The Hall–Kier alpha value is -4.67. The van der Waals surface area contributed by atoms with E-state index in [1.807, 2.05) is 148 Å². The number of halogens is 6. The minimum atomic E-state index is -1.66. The molecule has 3 fully saturated rings. The van der Waals surface area contributed by atoms with Crippen molar-refractivity contribution < 1.29 is 152 Å². The summed E-state index contributed by atoms with van der Waals surface area (Å²) in [6.45, 7) is 55.7. The Balaban J connectivity index is 0.000000583. The molecule has 13 rings (SSSR count). The number of fused-ring (bicyclic) bond motifs is 4. The third-order valence-electron chi connectivity index (χ3n) is 22.8. The Morgan fingerprint density at radius 3 is 1.33 bits per heavy atom. The molecule has 5 atom stereocenters. The quantitative estimate of drug-likeness (QED) is 0.00783. The third kappa shape index (κ3) is 50.0. The molecule has 4 aromatic heterocycles. The number of hydrogen-bond donors (Lipinski definition) is 4. The molecular formula is C110H168Br5ClKN5O21Si4. The molecule has 26 nitrogen and oxygen atoms in total. The van der Waals surface area contributed by atoms with E-state index in [1.165, 1.54) is 29.9 Å². The molecule has 7 heterocycles. The smallest absolute Gasteiger partial charge is 0.870 e. The van der Waals surface area contributed by atoms with E-state index in [0.29, 0.717) is 72.2 Å². The molecule has 3 amide bonds. The first-order chi connectivity index (χ1) is 68.1. The summed E-state index contributed by atoms with van der Waals surface area (Å²) >= 11 is 22.4. The first-order valence-corrected chi connectivity index (χ1v) is 69.6. The van der Waals surface area contributed by atoms with Gasteiger partial charge in [-0.15, -0.1) is 0 Å². The predicted octanol–water partition coefficient (Wildman–Crippen LogP) is 24.8. The van der Waals surface area contributed by atoms with E-state index in [2.05, 4.69) is 212 Å². The molecule has 0 unspecified atom stereocenters. The summed E-state index contributed by atoms with van der Waals surface area (Å²) in [7, 11) is 0.792. The van der Waals surface area contributed by atoms with Crippen molar-refractivity contribution in [2.75, 3.05) is 119 Å². The van der Waals surface area contributed by atoms with Crippen molar-refractivity contribution in [2.45, 2.75) is 267 Å². The van der Waals surface area contributed by atoms with Gasteiger partial charge in [0.2, 0.25) is 0 Å². The summed E-state index contributed by atoms with van der Waals surface area (Å²) in [5.41, 5.74) is 2.33. The summed E-state index contributed by atoms with van der Waals surface area (Å²) in [4.78, 5) is 45.1. The standard InChI is InChI=1S/C27H43NO5Si.C22H35NO3Si.C13H24N2O4.C12H17BrO3.C11H13BrOSi.C8H5BrO.C6H13BrO2.C6H5BrO.C3H9ClSi.C2H3N.K.H2O/c1-26(2,3)33-25(29)28-16-11-13-21(19-28)27(30,15-8-9-17-31-4)22-14-10-12-20-18-23(32-24(20)22)34(5,6)7;1-25-14-6-5-12-22(24,18-10-8-13-23-16-18)19-11-7-9-17-15-20(26-21(17)19)27(2,3)4;1-13(2,3)19-12(17)15-8-6-7-10(9-15)11(16)14(4)18-5;1-3-14-12(15-4-2)9-16-11-8-6-5-7-10(11)13;1-14(2,3)10-7-8-5-4-6-9(12)11(8)13-10;9-7-3-1-2-6-4-5-10-8(6)7;1-3-8-6(5-7)9-4-2;7-5-3-1-2-4-6(5)8;1-5(2,3)4;1-2-3;;/h10,12,14,18,21,30H,8-9,11,13,15-17,19H2,1-7H3;7,9,11,15,18,23-24H,5-6,8,10,12-14,16H2,1-4H3;10H,6-9H2,1-5H3;5-8,12H,3-4,9H2,1-2H3;4-7H,1-3H3;1-5H;6H,3-5H2,1-2H3;1-4,8H;1-3H3;1H3;;1H2/q;;;;;;;;;;+1;/p-1/t21-,27+;18-,22+;10-;;;;;;;;;/m111........./s1. The first kappa shape index (κ1) is 138. The number of furan rings is 4. The number of unbranched alkanes of at least 4 members (excludes halogenated alkanes) is 2. The number of benzene rings is 6. The van der Waals surface area contributed by atoms with E-state index in [4.69, 9.17) is 86.6 Å². The molecule has 0 bridgehead atoms. The van der Waals surface area contributed by atoms with Crippen molar-refractivity contribution in [1.29, 1.82) is 5.26 Å². The molecule has 3 saturated heterocycles. The molecule has 3 aliphatic rings. The maximum Gasteiger partial charge on any atom is 1.00 e. The molecule has 0 aliphatic carbocycles. The number of phenols is 1. The van der Waals surface area contributed by atoms with Crippen molar-refractivity contribution >= 4 is 200 Å². The summed E-state index contributed by atoms with van der Waals surface area (Å²) in [5, 5.41) is 53.8. The molecule has 10 aromatic rings. The number of nitrogens with zero attached hydrogens (tertiary/aromatic N) is 4. The van der Waals surface area contributed by atoms with Crippen LogP contribution in [0, 0.1) is 29.1 Å². The van der Waals surface area contributed by atoms with Gasteiger partial charge in [-0.25, -0.2) is 14.7 Å². The second-order valence-corrected chi connectivity index (χ2v) is 68.0. The SMILES string of the molecule is Brc1cccc2ccoc12.CC#N.CCOC(CBr)OCC.CCOC(COc1ccccc1Br)OCC.COCCCC[C@@](O)(c1cccc2cc([Si](C)(C)C)oc12)[C@@H]1CCCN(C(=O)OC(C)(C)C)C1.COCCCC[C@@](O)(c1cccc2cc([Si](C)(C)C)oc12)[C@@H]1CCCNC1.CON(C)C(=O)[C@@H]1CCCN(C(=O)OC(C)(C)C)C1.C[Si](C)(C)Cl.C[Si](C)(C)c1cc2cccc(Br)c2o1.Oc1ccccc1Br.[K+].[OH-]. The Kier molecular flexibility index (Phi) is 65.3. The Morgan fingerprint density at radius 1 is 0.537 bits per heavy atom. The van der Waals surface area contributed by atoms with Gasteiger partial charge < -0.3 is 96.2 Å². The van der Waals surface area contributed by atoms with Crippen LogP contribution in [0.1, 0.15) is 164 Å². The molecule has 37 heteroatoms. The van der Waals surface area contributed by atoms with E-state index in [0.717, 1.165) is 180 Å². The fourth-order valence-electron chi connectivity index (χ4n) is 15.6. The van der Waals surface area contributed by atoms with Crippen LogP contribution in [0.25, 0.3) is 43.9 Å². The van der Waals surface area contributed by atoms with Crippen LogP contribution in [0.3, 0.4) is 0 Å². The summed E-state index contributed by atoms with van der Waals surface area (Å²) in [6.07, 6.45) is 11.0. The number of piperidine rings is 3. The van der Waals surface area contributed by atoms with Gasteiger partial charge in [-0.05, 0) is 277 Å². The van der Waals surface area contributed by atoms with Crippen molar-refractivity contribution in [2.24, 2.45) is 17.8 Å². The fraction of sp³-hybridized carbons (Fsp3) is 0.564. The number of rotatable bonds is 31. The average Bonchev–Trinajstić information content (AvgIpc) is 1.58. The number of para-hydroxylation sites is 6. The zero-order valence-electron chi connectivity index (χ0n) is 92.5. The largest absolute Gasteiger partial charge is 1.00 e. The zero-order valence-corrected chi connectivity index (χ0v) is 108. The number of nitriles is 1. The number of aromatic hydroxyl groups is 1. The van der Waals surface area contributed by atoms with Gasteiger partial charge in [-0.3, -0.25) is 9.63 Å². The maximum atomic E-state index is 12.8. The van der Waals surface area contributed by atoms with E-state index in [-0.39, 0.29) is 111 Å². The van der Waals surface area contributed by atoms with E-state index in [1.54, 1.807) is 61.6 Å².